The molecule has 0 saturated heterocycles. The van der Waals surface area contributed by atoms with Crippen molar-refractivity contribution >= 4 is 27.6 Å². The average molecular weight is 350 g/mol. The highest BCUT2D eigenvalue weighted by molar-refractivity contribution is 9.10. The number of carbonyl (C=O) groups excluding carboxylic acids is 1. The van der Waals surface area contributed by atoms with Crippen LogP contribution in [0.4, 0.5) is 10.5 Å². The molecule has 0 aliphatic carbocycles. The van der Waals surface area contributed by atoms with Gasteiger partial charge in [0.05, 0.1) is 0 Å². The van der Waals surface area contributed by atoms with Gasteiger partial charge in [-0.3, -0.25) is 5.43 Å². The summed E-state index contributed by atoms with van der Waals surface area (Å²) >= 11 is 3.40. The summed E-state index contributed by atoms with van der Waals surface area (Å²) in [5.41, 5.74) is 4.65. The van der Waals surface area contributed by atoms with E-state index in [2.05, 4.69) is 21.2 Å². The van der Waals surface area contributed by atoms with Gasteiger partial charge in [0, 0.05) is 15.7 Å². The number of benzene rings is 2. The number of hydrogen-bond acceptors (Lipinski definition) is 3. The van der Waals surface area contributed by atoms with Crippen molar-refractivity contribution in [3.8, 4) is 5.75 Å². The third kappa shape index (κ3) is 4.21. The molecule has 0 saturated carbocycles. The third-order valence-corrected chi connectivity index (χ3v) is 3.46. The Balaban J connectivity index is 2.16. The molecule has 21 heavy (non-hydrogen) atoms. The fourth-order valence-electron chi connectivity index (χ4n) is 1.88. The standard InChI is InChI=1S/C15H16BrN3O2/c1-10-4-2-7-14(18-15(20)19-17)13(10)9-21-12-6-3-5-11(16)8-12/h2-8H,9,17H2,1H3,(H2,18,19,20). The van der Waals surface area contributed by atoms with E-state index in [0.29, 0.717) is 12.3 Å². The number of hydrazine groups is 1. The molecule has 0 fully saturated rings. The fraction of sp³-hybridized carbons (Fsp3) is 0.133. The van der Waals surface area contributed by atoms with Crippen LogP contribution in [-0.2, 0) is 6.61 Å². The number of aryl methyl sites for hydroxylation is 1. The SMILES string of the molecule is Cc1cccc(NC(=O)NN)c1COc1cccc(Br)c1. The van der Waals surface area contributed by atoms with Gasteiger partial charge in [0.1, 0.15) is 12.4 Å². The largest absolute Gasteiger partial charge is 0.489 e. The second-order valence-electron chi connectivity index (χ2n) is 4.45. The summed E-state index contributed by atoms with van der Waals surface area (Å²) in [6, 6.07) is 12.8. The zero-order chi connectivity index (χ0) is 15.2. The first-order valence-corrected chi connectivity index (χ1v) is 7.14. The highest BCUT2D eigenvalue weighted by Gasteiger charge is 2.09. The van der Waals surface area contributed by atoms with E-state index in [1.54, 1.807) is 0 Å². The Morgan fingerprint density at radius 3 is 2.76 bits per heavy atom. The van der Waals surface area contributed by atoms with Gasteiger partial charge in [0.15, 0.2) is 0 Å². The molecule has 6 heteroatoms. The van der Waals surface area contributed by atoms with Crippen LogP contribution in [0.5, 0.6) is 5.75 Å². The molecule has 0 aliphatic rings. The zero-order valence-electron chi connectivity index (χ0n) is 11.5. The predicted octanol–water partition coefficient (Wildman–Crippen LogP) is 3.33. The summed E-state index contributed by atoms with van der Waals surface area (Å²) in [7, 11) is 0. The van der Waals surface area contributed by atoms with Gasteiger partial charge in [0.25, 0.3) is 0 Å². The van der Waals surface area contributed by atoms with Crippen LogP contribution in [0, 0.1) is 6.92 Å². The molecule has 0 spiro atoms. The maximum Gasteiger partial charge on any atom is 0.333 e. The molecule has 2 rings (SSSR count). The van der Waals surface area contributed by atoms with E-state index in [0.717, 1.165) is 21.3 Å². The van der Waals surface area contributed by atoms with Crippen molar-refractivity contribution in [1.29, 1.82) is 0 Å². The van der Waals surface area contributed by atoms with Crippen LogP contribution in [-0.4, -0.2) is 6.03 Å². The molecule has 5 nitrogen and oxygen atoms in total. The molecule has 0 atom stereocenters. The number of carbonyl (C=O) groups is 1. The summed E-state index contributed by atoms with van der Waals surface area (Å²) in [4.78, 5) is 11.4. The van der Waals surface area contributed by atoms with Crippen LogP contribution in [0.15, 0.2) is 46.9 Å². The quantitative estimate of drug-likeness (QED) is 0.450. The molecule has 110 valence electrons. The Labute approximate surface area is 131 Å². The molecule has 4 N–H and O–H groups in total. The minimum absolute atomic E-state index is 0.351. The number of nitrogens with two attached hydrogens (primary N) is 1. The molecular formula is C15H16BrN3O2. The first-order chi connectivity index (χ1) is 10.1. The number of rotatable bonds is 4. The average Bonchev–Trinajstić information content (AvgIpc) is 2.46. The molecule has 0 radical (unpaired) electrons. The molecule has 0 unspecified atom stereocenters. The van der Waals surface area contributed by atoms with Gasteiger partial charge >= 0.3 is 6.03 Å². The van der Waals surface area contributed by atoms with Crippen LogP contribution >= 0.6 is 15.9 Å². The summed E-state index contributed by atoms with van der Waals surface area (Å²) in [5, 5.41) is 2.68. The number of anilines is 1. The second-order valence-corrected chi connectivity index (χ2v) is 5.36. The molecular weight excluding hydrogens is 334 g/mol. The zero-order valence-corrected chi connectivity index (χ0v) is 13.1. The van der Waals surface area contributed by atoms with E-state index in [1.165, 1.54) is 0 Å². The molecule has 0 heterocycles. The Bertz CT molecular complexity index is 647. The highest BCUT2D eigenvalue weighted by Crippen LogP contribution is 2.23. The first kappa shape index (κ1) is 15.3. The van der Waals surface area contributed by atoms with E-state index in [-0.39, 0.29) is 0 Å². The number of halogens is 1. The first-order valence-electron chi connectivity index (χ1n) is 6.34. The van der Waals surface area contributed by atoms with E-state index in [1.807, 2.05) is 54.8 Å². The van der Waals surface area contributed by atoms with Crippen LogP contribution in [0.3, 0.4) is 0 Å². The van der Waals surface area contributed by atoms with Gasteiger partial charge in [-0.2, -0.15) is 0 Å². The smallest absolute Gasteiger partial charge is 0.333 e. The van der Waals surface area contributed by atoms with E-state index in [9.17, 15) is 4.79 Å². The summed E-state index contributed by atoms with van der Waals surface area (Å²) in [6.07, 6.45) is 0. The van der Waals surface area contributed by atoms with Crippen LogP contribution < -0.4 is 21.3 Å². The van der Waals surface area contributed by atoms with Crippen molar-refractivity contribution in [3.63, 3.8) is 0 Å². The van der Waals surface area contributed by atoms with Gasteiger partial charge in [-0.15, -0.1) is 0 Å². The minimum atomic E-state index is -0.468. The third-order valence-electron chi connectivity index (χ3n) is 2.97. The highest BCUT2D eigenvalue weighted by atomic mass is 79.9. The Hall–Kier alpha value is -2.05. The van der Waals surface area contributed by atoms with E-state index >= 15 is 0 Å². The fourth-order valence-corrected chi connectivity index (χ4v) is 2.26. The number of ether oxygens (including phenoxy) is 1. The Morgan fingerprint density at radius 2 is 2.05 bits per heavy atom. The number of nitrogens with one attached hydrogen (secondary N) is 2. The lowest BCUT2D eigenvalue weighted by Crippen LogP contribution is -2.34. The van der Waals surface area contributed by atoms with Crippen LogP contribution in [0.25, 0.3) is 0 Å². The van der Waals surface area contributed by atoms with Gasteiger partial charge in [-0.05, 0) is 36.8 Å². The lowest BCUT2D eigenvalue weighted by molar-refractivity contribution is 0.252. The van der Waals surface area contributed by atoms with E-state index in [4.69, 9.17) is 10.6 Å². The van der Waals surface area contributed by atoms with Gasteiger partial charge in [0.2, 0.25) is 0 Å². The molecule has 2 aromatic carbocycles. The van der Waals surface area contributed by atoms with Crippen molar-refractivity contribution < 1.29 is 9.53 Å². The molecule has 2 amide bonds. The topological polar surface area (TPSA) is 76.4 Å². The van der Waals surface area contributed by atoms with Gasteiger partial charge in [-0.1, -0.05) is 34.1 Å². The monoisotopic (exact) mass is 349 g/mol. The second kappa shape index (κ2) is 7.10. The maximum absolute atomic E-state index is 11.4. The lowest BCUT2D eigenvalue weighted by atomic mass is 10.1. The Kier molecular flexibility index (Phi) is 5.19. The van der Waals surface area contributed by atoms with Gasteiger partial charge < -0.3 is 10.1 Å². The minimum Gasteiger partial charge on any atom is -0.489 e. The van der Waals surface area contributed by atoms with Gasteiger partial charge in [-0.25, -0.2) is 10.6 Å². The molecule has 0 aromatic heterocycles. The number of hydrogen-bond donors (Lipinski definition) is 3. The summed E-state index contributed by atoms with van der Waals surface area (Å²) in [6.45, 7) is 2.31. The predicted molar refractivity (Wildman–Crippen MR) is 86.0 cm³/mol. The van der Waals surface area contributed by atoms with Crippen molar-refractivity contribution in [1.82, 2.24) is 5.43 Å². The molecule has 2 aromatic rings. The maximum atomic E-state index is 11.4. The Morgan fingerprint density at radius 1 is 1.29 bits per heavy atom. The molecule has 0 bridgehead atoms. The van der Waals surface area contributed by atoms with Crippen LogP contribution in [0.2, 0.25) is 0 Å². The normalized spacial score (nSPS) is 10.0. The summed E-state index contributed by atoms with van der Waals surface area (Å²) in [5.74, 6) is 5.84. The lowest BCUT2D eigenvalue weighted by Gasteiger charge is -2.14. The van der Waals surface area contributed by atoms with Crippen molar-refractivity contribution in [2.45, 2.75) is 13.5 Å². The van der Waals surface area contributed by atoms with Crippen LogP contribution in [0.1, 0.15) is 11.1 Å². The number of amides is 2. The van der Waals surface area contributed by atoms with Crippen molar-refractivity contribution in [3.05, 3.63) is 58.1 Å². The van der Waals surface area contributed by atoms with E-state index < -0.39 is 6.03 Å². The van der Waals surface area contributed by atoms with Crippen molar-refractivity contribution in [2.24, 2.45) is 5.84 Å². The molecule has 0 aliphatic heterocycles. The summed E-state index contributed by atoms with van der Waals surface area (Å²) < 4.78 is 6.73. The van der Waals surface area contributed by atoms with Crippen molar-refractivity contribution in [2.75, 3.05) is 5.32 Å². The number of urea groups is 1.